The molecular formula is C14H22N2. The van der Waals surface area contributed by atoms with Crippen LogP contribution in [-0.2, 0) is 0 Å². The van der Waals surface area contributed by atoms with Crippen LogP contribution in [0.1, 0.15) is 32.6 Å². The SMILES string of the molecule is CCCC1C2CC=CN=C2CC2CNCC21. The molecule has 1 saturated carbocycles. The van der Waals surface area contributed by atoms with Crippen LogP contribution in [0.3, 0.4) is 0 Å². The van der Waals surface area contributed by atoms with E-state index in [9.17, 15) is 0 Å². The molecule has 4 unspecified atom stereocenters. The molecule has 88 valence electrons. The van der Waals surface area contributed by atoms with Crippen LogP contribution in [0.2, 0.25) is 0 Å². The molecule has 4 atom stereocenters. The Labute approximate surface area is 98.2 Å². The number of hydrogen-bond acceptors (Lipinski definition) is 2. The van der Waals surface area contributed by atoms with Crippen molar-refractivity contribution in [3.63, 3.8) is 0 Å². The van der Waals surface area contributed by atoms with E-state index in [4.69, 9.17) is 0 Å². The van der Waals surface area contributed by atoms with E-state index in [2.05, 4.69) is 23.3 Å². The summed E-state index contributed by atoms with van der Waals surface area (Å²) in [7, 11) is 0. The van der Waals surface area contributed by atoms with Gasteiger partial charge in [-0.1, -0.05) is 19.4 Å². The smallest absolute Gasteiger partial charge is 0.0227 e. The third kappa shape index (κ3) is 1.64. The minimum Gasteiger partial charge on any atom is -0.316 e. The van der Waals surface area contributed by atoms with Gasteiger partial charge in [-0.05, 0) is 50.1 Å². The molecule has 0 aromatic heterocycles. The van der Waals surface area contributed by atoms with Crippen LogP contribution in [0, 0.1) is 23.7 Å². The molecule has 2 aliphatic heterocycles. The molecule has 0 amide bonds. The topological polar surface area (TPSA) is 24.4 Å². The zero-order chi connectivity index (χ0) is 11.0. The first-order valence-electron chi connectivity index (χ1n) is 6.82. The van der Waals surface area contributed by atoms with Crippen LogP contribution in [-0.4, -0.2) is 18.8 Å². The highest BCUT2D eigenvalue weighted by Gasteiger charge is 2.43. The highest BCUT2D eigenvalue weighted by Crippen LogP contribution is 2.44. The second kappa shape index (κ2) is 4.33. The summed E-state index contributed by atoms with van der Waals surface area (Å²) in [5.74, 6) is 3.46. The summed E-state index contributed by atoms with van der Waals surface area (Å²) < 4.78 is 0. The number of allylic oxidation sites excluding steroid dienone is 1. The first kappa shape index (κ1) is 10.5. The average molecular weight is 218 g/mol. The number of fused-ring (bicyclic) bond motifs is 2. The highest BCUT2D eigenvalue weighted by molar-refractivity contribution is 5.89. The maximum atomic E-state index is 4.65. The molecular weight excluding hydrogens is 196 g/mol. The van der Waals surface area contributed by atoms with E-state index in [0.717, 1.165) is 23.7 Å². The predicted molar refractivity (Wildman–Crippen MR) is 67.5 cm³/mol. The van der Waals surface area contributed by atoms with Crippen molar-refractivity contribution in [2.75, 3.05) is 13.1 Å². The Hall–Kier alpha value is -0.630. The predicted octanol–water partition coefficient (Wildman–Crippen LogP) is 2.62. The van der Waals surface area contributed by atoms with Gasteiger partial charge in [0.05, 0.1) is 0 Å². The van der Waals surface area contributed by atoms with E-state index >= 15 is 0 Å². The van der Waals surface area contributed by atoms with Crippen molar-refractivity contribution in [2.45, 2.75) is 32.6 Å². The lowest BCUT2D eigenvalue weighted by Gasteiger charge is -2.41. The second-order valence-corrected chi connectivity index (χ2v) is 5.59. The summed E-state index contributed by atoms with van der Waals surface area (Å²) >= 11 is 0. The van der Waals surface area contributed by atoms with Crippen LogP contribution >= 0.6 is 0 Å². The molecule has 2 fully saturated rings. The van der Waals surface area contributed by atoms with Gasteiger partial charge in [0.25, 0.3) is 0 Å². The Bertz CT molecular complexity index is 319. The number of nitrogens with one attached hydrogen (secondary N) is 1. The molecule has 0 radical (unpaired) electrons. The average Bonchev–Trinajstić information content (AvgIpc) is 2.77. The third-order valence-electron chi connectivity index (χ3n) is 4.72. The van der Waals surface area contributed by atoms with Gasteiger partial charge >= 0.3 is 0 Å². The number of aliphatic imine (C=N–C) groups is 1. The summed E-state index contributed by atoms with van der Waals surface area (Å²) in [6.07, 6.45) is 9.50. The number of nitrogens with zero attached hydrogens (tertiary/aromatic N) is 1. The van der Waals surface area contributed by atoms with Gasteiger partial charge < -0.3 is 5.32 Å². The lowest BCUT2D eigenvalue weighted by atomic mass is 9.64. The molecule has 3 aliphatic rings. The normalized spacial score (nSPS) is 41.4. The fourth-order valence-corrected chi connectivity index (χ4v) is 4.01. The van der Waals surface area contributed by atoms with Gasteiger partial charge in [-0.3, -0.25) is 4.99 Å². The molecule has 1 aliphatic carbocycles. The van der Waals surface area contributed by atoms with E-state index in [0.29, 0.717) is 0 Å². The Balaban J connectivity index is 1.86. The minimum absolute atomic E-state index is 0.770. The molecule has 0 bridgehead atoms. The van der Waals surface area contributed by atoms with E-state index in [1.807, 2.05) is 6.20 Å². The molecule has 16 heavy (non-hydrogen) atoms. The molecule has 3 rings (SSSR count). The van der Waals surface area contributed by atoms with Gasteiger partial charge in [0, 0.05) is 17.8 Å². The summed E-state index contributed by atoms with van der Waals surface area (Å²) in [6, 6.07) is 0. The minimum atomic E-state index is 0.770. The van der Waals surface area contributed by atoms with Crippen LogP contribution in [0.5, 0.6) is 0 Å². The number of hydrogen-bond donors (Lipinski definition) is 1. The Morgan fingerprint density at radius 3 is 3.25 bits per heavy atom. The third-order valence-corrected chi connectivity index (χ3v) is 4.72. The molecule has 1 saturated heterocycles. The lowest BCUT2D eigenvalue weighted by Crippen LogP contribution is -2.40. The molecule has 1 N–H and O–H groups in total. The van der Waals surface area contributed by atoms with Crippen molar-refractivity contribution < 1.29 is 0 Å². The molecule has 2 heterocycles. The molecule has 2 nitrogen and oxygen atoms in total. The van der Waals surface area contributed by atoms with Gasteiger partial charge in [0.2, 0.25) is 0 Å². The van der Waals surface area contributed by atoms with E-state index in [-0.39, 0.29) is 0 Å². The molecule has 0 aromatic carbocycles. The van der Waals surface area contributed by atoms with Crippen LogP contribution in [0.25, 0.3) is 0 Å². The van der Waals surface area contributed by atoms with Crippen LogP contribution in [0.4, 0.5) is 0 Å². The molecule has 0 aromatic rings. The fourth-order valence-electron chi connectivity index (χ4n) is 4.01. The van der Waals surface area contributed by atoms with E-state index in [1.54, 1.807) is 0 Å². The monoisotopic (exact) mass is 218 g/mol. The van der Waals surface area contributed by atoms with Gasteiger partial charge in [0.15, 0.2) is 0 Å². The van der Waals surface area contributed by atoms with Gasteiger partial charge in [-0.2, -0.15) is 0 Å². The quantitative estimate of drug-likeness (QED) is 0.757. The van der Waals surface area contributed by atoms with E-state index in [1.165, 1.54) is 44.5 Å². The second-order valence-electron chi connectivity index (χ2n) is 5.59. The van der Waals surface area contributed by atoms with Crippen LogP contribution < -0.4 is 5.32 Å². The van der Waals surface area contributed by atoms with Crippen molar-refractivity contribution in [2.24, 2.45) is 28.7 Å². The van der Waals surface area contributed by atoms with Gasteiger partial charge in [-0.15, -0.1) is 0 Å². The molecule has 0 spiro atoms. The van der Waals surface area contributed by atoms with Crippen molar-refractivity contribution >= 4 is 5.71 Å². The first-order valence-corrected chi connectivity index (χ1v) is 6.82. The largest absolute Gasteiger partial charge is 0.316 e. The summed E-state index contributed by atoms with van der Waals surface area (Å²) in [6.45, 7) is 4.80. The lowest BCUT2D eigenvalue weighted by molar-refractivity contribution is 0.195. The standard InChI is InChI=1S/C14H22N2/c1-2-4-11-12-5-3-6-16-14(12)7-10-8-15-9-13(10)11/h3,6,10-13,15H,2,4-5,7-9H2,1H3. The summed E-state index contributed by atoms with van der Waals surface area (Å²) in [5, 5.41) is 3.59. The van der Waals surface area contributed by atoms with Crippen molar-refractivity contribution in [1.29, 1.82) is 0 Å². The van der Waals surface area contributed by atoms with Crippen LogP contribution in [0.15, 0.2) is 17.3 Å². The maximum Gasteiger partial charge on any atom is 0.0227 e. The Kier molecular flexibility index (Phi) is 2.84. The summed E-state index contributed by atoms with van der Waals surface area (Å²) in [4.78, 5) is 4.65. The Morgan fingerprint density at radius 2 is 2.38 bits per heavy atom. The molecule has 2 heteroatoms. The zero-order valence-corrected chi connectivity index (χ0v) is 10.2. The highest BCUT2D eigenvalue weighted by atomic mass is 14.9. The van der Waals surface area contributed by atoms with E-state index < -0.39 is 0 Å². The summed E-state index contributed by atoms with van der Waals surface area (Å²) in [5.41, 5.74) is 1.51. The maximum absolute atomic E-state index is 4.65. The van der Waals surface area contributed by atoms with Crippen molar-refractivity contribution in [1.82, 2.24) is 5.32 Å². The van der Waals surface area contributed by atoms with Gasteiger partial charge in [-0.25, -0.2) is 0 Å². The number of rotatable bonds is 2. The van der Waals surface area contributed by atoms with Crippen molar-refractivity contribution in [3.8, 4) is 0 Å². The first-order chi connectivity index (χ1) is 7.90. The Morgan fingerprint density at radius 1 is 1.44 bits per heavy atom. The fraction of sp³-hybridized carbons (Fsp3) is 0.786. The van der Waals surface area contributed by atoms with Crippen molar-refractivity contribution in [3.05, 3.63) is 12.3 Å². The zero-order valence-electron chi connectivity index (χ0n) is 10.2. The van der Waals surface area contributed by atoms with Gasteiger partial charge in [0.1, 0.15) is 0 Å².